The summed E-state index contributed by atoms with van der Waals surface area (Å²) < 4.78 is 11.5. The Balaban J connectivity index is 2.16. The molecule has 0 amide bonds. The van der Waals surface area contributed by atoms with E-state index in [1.165, 1.54) is 0 Å². The fraction of sp³-hybridized carbons (Fsp3) is 0.333. The smallest absolute Gasteiger partial charge is 0.163 e. The van der Waals surface area contributed by atoms with Crippen molar-refractivity contribution in [1.29, 1.82) is 0 Å². The minimum absolute atomic E-state index is 0.0684. The van der Waals surface area contributed by atoms with E-state index in [0.29, 0.717) is 46.3 Å². The van der Waals surface area contributed by atoms with E-state index >= 15 is 0 Å². The summed E-state index contributed by atoms with van der Waals surface area (Å²) in [7, 11) is 0. The van der Waals surface area contributed by atoms with Crippen LogP contribution in [0.3, 0.4) is 0 Å². The summed E-state index contributed by atoms with van der Waals surface area (Å²) in [5.74, 6) is 1.15. The number of ether oxygens (including phenoxy) is 2. The minimum Gasteiger partial charge on any atom is -0.490 e. The molecule has 0 unspecified atom stereocenters. The third kappa shape index (κ3) is 5.94. The van der Waals surface area contributed by atoms with Crippen molar-refractivity contribution in [2.75, 3.05) is 19.8 Å². The van der Waals surface area contributed by atoms with Crippen LogP contribution in [0.1, 0.15) is 18.1 Å². The molecular formula is C18H20Cl3NO3. The maximum atomic E-state index is 8.86. The Morgan fingerprint density at radius 2 is 1.68 bits per heavy atom. The van der Waals surface area contributed by atoms with Gasteiger partial charge in [0.25, 0.3) is 0 Å². The molecule has 136 valence electrons. The minimum atomic E-state index is 0.0684. The van der Waals surface area contributed by atoms with E-state index < -0.39 is 0 Å². The molecule has 2 rings (SSSR count). The summed E-state index contributed by atoms with van der Waals surface area (Å²) >= 11 is 18.4. The maximum absolute atomic E-state index is 8.86. The Kier molecular flexibility index (Phi) is 8.13. The van der Waals surface area contributed by atoms with Crippen LogP contribution in [0.5, 0.6) is 11.5 Å². The van der Waals surface area contributed by atoms with E-state index in [1.807, 2.05) is 19.1 Å². The molecule has 0 heterocycles. The van der Waals surface area contributed by atoms with Crippen LogP contribution in [0.4, 0.5) is 0 Å². The molecular weight excluding hydrogens is 385 g/mol. The van der Waals surface area contributed by atoms with Crippen molar-refractivity contribution in [2.45, 2.75) is 20.1 Å². The highest BCUT2D eigenvalue weighted by Gasteiger charge is 2.12. The molecule has 0 fully saturated rings. The van der Waals surface area contributed by atoms with Gasteiger partial charge in [-0.3, -0.25) is 0 Å². The lowest BCUT2D eigenvalue weighted by Gasteiger charge is -2.15. The van der Waals surface area contributed by atoms with Crippen molar-refractivity contribution in [3.8, 4) is 11.5 Å². The summed E-state index contributed by atoms with van der Waals surface area (Å²) in [5.41, 5.74) is 1.69. The molecule has 0 radical (unpaired) electrons. The molecule has 4 nitrogen and oxygen atoms in total. The Morgan fingerprint density at radius 1 is 0.960 bits per heavy atom. The first-order valence-electron chi connectivity index (χ1n) is 7.88. The lowest BCUT2D eigenvalue weighted by molar-refractivity contribution is 0.269. The van der Waals surface area contributed by atoms with Crippen LogP contribution in [0.15, 0.2) is 30.3 Å². The van der Waals surface area contributed by atoms with Crippen LogP contribution in [0, 0.1) is 0 Å². The Bertz CT molecular complexity index is 710. The number of aliphatic hydroxyl groups is 1. The molecule has 0 saturated carbocycles. The van der Waals surface area contributed by atoms with Crippen LogP contribution < -0.4 is 14.8 Å². The van der Waals surface area contributed by atoms with Gasteiger partial charge in [0.05, 0.1) is 13.2 Å². The van der Waals surface area contributed by atoms with Crippen LogP contribution in [0.25, 0.3) is 0 Å². The average Bonchev–Trinajstić information content (AvgIpc) is 2.57. The molecule has 0 aliphatic heterocycles. The van der Waals surface area contributed by atoms with Crippen molar-refractivity contribution in [2.24, 2.45) is 0 Å². The highest BCUT2D eigenvalue weighted by atomic mass is 35.5. The van der Waals surface area contributed by atoms with E-state index in [2.05, 4.69) is 5.32 Å². The molecule has 2 aromatic carbocycles. The Hall–Kier alpha value is -1.17. The van der Waals surface area contributed by atoms with Gasteiger partial charge in [-0.15, -0.1) is 0 Å². The number of rotatable bonds is 9. The van der Waals surface area contributed by atoms with E-state index in [0.717, 1.165) is 11.1 Å². The van der Waals surface area contributed by atoms with Gasteiger partial charge in [0.15, 0.2) is 11.5 Å². The predicted octanol–water partition coefficient (Wildman–Crippen LogP) is 4.71. The van der Waals surface area contributed by atoms with Crippen molar-refractivity contribution in [1.82, 2.24) is 5.32 Å². The molecule has 0 saturated heterocycles. The highest BCUT2D eigenvalue weighted by molar-refractivity contribution is 6.35. The quantitative estimate of drug-likeness (QED) is 0.594. The monoisotopic (exact) mass is 403 g/mol. The topological polar surface area (TPSA) is 50.7 Å². The predicted molar refractivity (Wildman–Crippen MR) is 102 cm³/mol. The fourth-order valence-corrected chi connectivity index (χ4v) is 2.87. The summed E-state index contributed by atoms with van der Waals surface area (Å²) in [4.78, 5) is 0. The fourth-order valence-electron chi connectivity index (χ4n) is 2.19. The number of hydrogen-bond acceptors (Lipinski definition) is 4. The zero-order valence-corrected chi connectivity index (χ0v) is 16.1. The summed E-state index contributed by atoms with van der Waals surface area (Å²) in [6, 6.07) is 8.83. The number of nitrogens with one attached hydrogen (secondary N) is 1. The Labute approximate surface area is 162 Å². The highest BCUT2D eigenvalue weighted by Crippen LogP contribution is 2.34. The third-order valence-electron chi connectivity index (χ3n) is 3.41. The zero-order chi connectivity index (χ0) is 18.2. The van der Waals surface area contributed by atoms with Gasteiger partial charge in [-0.2, -0.15) is 0 Å². The van der Waals surface area contributed by atoms with Gasteiger partial charge < -0.3 is 19.9 Å². The standard InChI is InChI=1S/C18H20Cl3NO3/c1-2-24-17-7-13(10-22-5-6-23)16(21)9-18(17)25-11-12-3-4-14(19)8-15(12)20/h3-4,7-9,22-23H,2,5-6,10-11H2,1H3. The molecule has 0 bridgehead atoms. The van der Waals surface area contributed by atoms with E-state index in [1.54, 1.807) is 18.2 Å². The molecule has 0 aromatic heterocycles. The summed E-state index contributed by atoms with van der Waals surface area (Å²) in [6.07, 6.45) is 0. The van der Waals surface area contributed by atoms with Gasteiger partial charge in [-0.1, -0.05) is 40.9 Å². The van der Waals surface area contributed by atoms with E-state index in [-0.39, 0.29) is 13.2 Å². The first kappa shape index (κ1) is 20.1. The molecule has 2 N–H and O–H groups in total. The molecule has 2 aromatic rings. The molecule has 25 heavy (non-hydrogen) atoms. The third-order valence-corrected chi connectivity index (χ3v) is 4.35. The van der Waals surface area contributed by atoms with Crippen molar-refractivity contribution in [3.63, 3.8) is 0 Å². The second-order valence-corrected chi connectivity index (χ2v) is 6.50. The molecule has 0 atom stereocenters. The number of halogens is 3. The molecule has 0 aliphatic rings. The lowest BCUT2D eigenvalue weighted by Crippen LogP contribution is -2.17. The first-order chi connectivity index (χ1) is 12.0. The summed E-state index contributed by atoms with van der Waals surface area (Å²) in [6.45, 7) is 3.77. The second kappa shape index (κ2) is 10.1. The molecule has 7 heteroatoms. The normalized spacial score (nSPS) is 10.8. The van der Waals surface area contributed by atoms with Gasteiger partial charge in [0.2, 0.25) is 0 Å². The van der Waals surface area contributed by atoms with Crippen molar-refractivity contribution in [3.05, 3.63) is 56.5 Å². The average molecular weight is 405 g/mol. The van der Waals surface area contributed by atoms with Crippen molar-refractivity contribution < 1.29 is 14.6 Å². The second-order valence-electron chi connectivity index (χ2n) is 5.25. The molecule has 0 spiro atoms. The largest absolute Gasteiger partial charge is 0.490 e. The van der Waals surface area contributed by atoms with Gasteiger partial charge >= 0.3 is 0 Å². The number of hydrogen-bond donors (Lipinski definition) is 2. The molecule has 0 aliphatic carbocycles. The SMILES string of the molecule is CCOc1cc(CNCCO)c(Cl)cc1OCc1ccc(Cl)cc1Cl. The van der Waals surface area contributed by atoms with Crippen molar-refractivity contribution >= 4 is 34.8 Å². The van der Waals surface area contributed by atoms with Crippen LogP contribution >= 0.6 is 34.8 Å². The van der Waals surface area contributed by atoms with Crippen LogP contribution in [-0.2, 0) is 13.2 Å². The number of aliphatic hydroxyl groups excluding tert-OH is 1. The van der Waals surface area contributed by atoms with Gasteiger partial charge in [0.1, 0.15) is 6.61 Å². The van der Waals surface area contributed by atoms with Crippen LogP contribution in [0.2, 0.25) is 15.1 Å². The van der Waals surface area contributed by atoms with E-state index in [9.17, 15) is 0 Å². The maximum Gasteiger partial charge on any atom is 0.163 e. The Morgan fingerprint density at radius 3 is 2.36 bits per heavy atom. The van der Waals surface area contributed by atoms with Crippen LogP contribution in [-0.4, -0.2) is 24.9 Å². The lowest BCUT2D eigenvalue weighted by atomic mass is 10.2. The zero-order valence-electron chi connectivity index (χ0n) is 13.8. The summed E-state index contributed by atoms with van der Waals surface area (Å²) in [5, 5.41) is 13.6. The first-order valence-corrected chi connectivity index (χ1v) is 9.02. The van der Waals surface area contributed by atoms with Gasteiger partial charge in [-0.05, 0) is 30.7 Å². The number of benzene rings is 2. The van der Waals surface area contributed by atoms with Gasteiger partial charge in [0, 0.05) is 39.8 Å². The van der Waals surface area contributed by atoms with Gasteiger partial charge in [-0.25, -0.2) is 0 Å². The van der Waals surface area contributed by atoms with E-state index in [4.69, 9.17) is 49.4 Å².